The van der Waals surface area contributed by atoms with Crippen LogP contribution in [0, 0.1) is 16.7 Å². The summed E-state index contributed by atoms with van der Waals surface area (Å²) >= 11 is 3.42. The van der Waals surface area contributed by atoms with Crippen LogP contribution in [0.2, 0.25) is 0 Å². The Morgan fingerprint density at radius 3 is 3.08 bits per heavy atom. The normalized spacial score (nSPS) is 27.5. The van der Waals surface area contributed by atoms with Crippen LogP contribution in [0.15, 0.2) is 10.6 Å². The van der Waals surface area contributed by atoms with Crippen molar-refractivity contribution in [2.75, 3.05) is 0 Å². The van der Waals surface area contributed by atoms with Crippen LogP contribution in [0.1, 0.15) is 32.1 Å². The number of allylic oxidation sites excluding steroid dienone is 2. The van der Waals surface area contributed by atoms with Crippen molar-refractivity contribution in [2.24, 2.45) is 5.41 Å². The van der Waals surface area contributed by atoms with Crippen LogP contribution in [-0.2, 0) is 4.79 Å². The number of nitrogens with zero attached hydrogens (tertiary/aromatic N) is 1. The maximum absolute atomic E-state index is 11.0. The molecular weight excluding hydrogens is 230 g/mol. The molecule has 0 fully saturated rings. The zero-order valence-electron chi connectivity index (χ0n) is 7.42. The van der Waals surface area contributed by atoms with Crippen LogP contribution >= 0.6 is 15.9 Å². The fraction of sp³-hybridized carbons (Fsp3) is 0.600. The summed E-state index contributed by atoms with van der Waals surface area (Å²) in [5, 5.41) is 8.49. The second-order valence-electron chi connectivity index (χ2n) is 3.38. The van der Waals surface area contributed by atoms with E-state index in [-0.39, 0.29) is 0 Å². The summed E-state index contributed by atoms with van der Waals surface area (Å²) in [6.07, 6.45) is 7.07. The van der Waals surface area contributed by atoms with Gasteiger partial charge in [-0.05, 0) is 25.7 Å². The lowest BCUT2D eigenvalue weighted by Gasteiger charge is -2.30. The van der Waals surface area contributed by atoms with Gasteiger partial charge in [-0.3, -0.25) is 0 Å². The van der Waals surface area contributed by atoms with E-state index in [9.17, 15) is 4.79 Å². The highest BCUT2D eigenvalue weighted by Gasteiger charge is 2.33. The highest BCUT2D eigenvalue weighted by molar-refractivity contribution is 9.11. The topological polar surface area (TPSA) is 40.9 Å². The van der Waals surface area contributed by atoms with E-state index < -0.39 is 5.41 Å². The number of aldehydes is 1. The molecule has 0 aromatic rings. The van der Waals surface area contributed by atoms with E-state index in [2.05, 4.69) is 28.1 Å². The summed E-state index contributed by atoms with van der Waals surface area (Å²) < 4.78 is 0.969. The van der Waals surface area contributed by atoms with Crippen LogP contribution in [0.5, 0.6) is 0 Å². The lowest BCUT2D eigenvalue weighted by Crippen LogP contribution is -2.25. The molecule has 1 aliphatic rings. The Morgan fingerprint density at radius 2 is 2.54 bits per heavy atom. The minimum Gasteiger partial charge on any atom is -0.302 e. The molecule has 2 nitrogen and oxygen atoms in total. The van der Waals surface area contributed by atoms with Crippen molar-refractivity contribution in [3.63, 3.8) is 0 Å². The van der Waals surface area contributed by atoms with E-state index >= 15 is 0 Å². The molecule has 1 unspecified atom stereocenters. The van der Waals surface area contributed by atoms with Crippen LogP contribution in [0.4, 0.5) is 0 Å². The zero-order valence-corrected chi connectivity index (χ0v) is 9.01. The largest absolute Gasteiger partial charge is 0.302 e. The monoisotopic (exact) mass is 241 g/mol. The van der Waals surface area contributed by atoms with Crippen molar-refractivity contribution in [1.29, 1.82) is 5.26 Å². The predicted octanol–water partition coefficient (Wildman–Crippen LogP) is 2.94. The molecule has 1 atom stereocenters. The average Bonchev–Trinajstić information content (AvgIpc) is 2.17. The van der Waals surface area contributed by atoms with Crippen LogP contribution in [0.25, 0.3) is 0 Å². The SMILES string of the molecule is N#CCCC1(C=O)CCCC=C1Br. The molecule has 1 aliphatic carbocycles. The average molecular weight is 242 g/mol. The Labute approximate surface area is 86.7 Å². The van der Waals surface area contributed by atoms with E-state index in [0.717, 1.165) is 30.0 Å². The Balaban J connectivity index is 2.79. The second kappa shape index (κ2) is 4.57. The van der Waals surface area contributed by atoms with Gasteiger partial charge in [-0.2, -0.15) is 5.26 Å². The number of carbonyl (C=O) groups is 1. The molecule has 0 amide bonds. The molecule has 0 spiro atoms. The van der Waals surface area contributed by atoms with Crippen molar-refractivity contribution in [3.05, 3.63) is 10.6 Å². The molecular formula is C10H12BrNO. The number of halogens is 1. The third-order valence-corrected chi connectivity index (χ3v) is 3.65. The van der Waals surface area contributed by atoms with Crippen LogP contribution in [0.3, 0.4) is 0 Å². The number of hydrogen-bond acceptors (Lipinski definition) is 2. The molecule has 0 saturated carbocycles. The van der Waals surface area contributed by atoms with Gasteiger partial charge in [0, 0.05) is 10.9 Å². The maximum atomic E-state index is 11.0. The van der Waals surface area contributed by atoms with E-state index in [4.69, 9.17) is 5.26 Å². The quantitative estimate of drug-likeness (QED) is 0.714. The van der Waals surface area contributed by atoms with Gasteiger partial charge in [0.2, 0.25) is 0 Å². The molecule has 0 aromatic carbocycles. The first-order valence-electron chi connectivity index (χ1n) is 4.44. The van der Waals surface area contributed by atoms with E-state index in [0.29, 0.717) is 12.8 Å². The van der Waals surface area contributed by atoms with Crippen LogP contribution < -0.4 is 0 Å². The number of nitriles is 1. The summed E-state index contributed by atoms with van der Waals surface area (Å²) in [4.78, 5) is 11.0. The smallest absolute Gasteiger partial charge is 0.131 e. The maximum Gasteiger partial charge on any atom is 0.131 e. The Kier molecular flexibility index (Phi) is 3.68. The van der Waals surface area contributed by atoms with Gasteiger partial charge in [0.1, 0.15) is 6.29 Å². The minimum atomic E-state index is -0.395. The van der Waals surface area contributed by atoms with Gasteiger partial charge in [-0.15, -0.1) is 0 Å². The number of hydrogen-bond donors (Lipinski definition) is 0. The molecule has 0 aromatic heterocycles. The van der Waals surface area contributed by atoms with Gasteiger partial charge >= 0.3 is 0 Å². The van der Waals surface area contributed by atoms with Gasteiger partial charge in [-0.25, -0.2) is 0 Å². The first kappa shape index (κ1) is 10.5. The molecule has 0 N–H and O–H groups in total. The second-order valence-corrected chi connectivity index (χ2v) is 4.23. The number of carbonyl (C=O) groups excluding carboxylic acids is 1. The molecule has 0 heterocycles. The first-order valence-corrected chi connectivity index (χ1v) is 5.24. The standard InChI is InChI=1S/C10H12BrNO/c11-9-4-1-2-5-10(9,8-13)6-3-7-12/h4,8H,1-3,5-6H2. The first-order chi connectivity index (χ1) is 6.25. The summed E-state index contributed by atoms with van der Waals surface area (Å²) in [6, 6.07) is 2.09. The van der Waals surface area contributed by atoms with E-state index in [1.165, 1.54) is 0 Å². The lowest BCUT2D eigenvalue weighted by molar-refractivity contribution is -0.114. The molecule has 3 heteroatoms. The molecule has 0 bridgehead atoms. The Hall–Kier alpha value is -0.620. The van der Waals surface area contributed by atoms with Gasteiger partial charge in [-0.1, -0.05) is 22.0 Å². The summed E-state index contributed by atoms with van der Waals surface area (Å²) in [5.41, 5.74) is -0.395. The molecule has 0 aliphatic heterocycles. The lowest BCUT2D eigenvalue weighted by atomic mass is 9.77. The Bertz CT molecular complexity index is 267. The highest BCUT2D eigenvalue weighted by Crippen LogP contribution is 2.42. The third-order valence-electron chi connectivity index (χ3n) is 2.53. The van der Waals surface area contributed by atoms with Gasteiger partial charge in [0.05, 0.1) is 11.5 Å². The molecule has 13 heavy (non-hydrogen) atoms. The van der Waals surface area contributed by atoms with Crippen LogP contribution in [-0.4, -0.2) is 6.29 Å². The van der Waals surface area contributed by atoms with Gasteiger partial charge < -0.3 is 4.79 Å². The minimum absolute atomic E-state index is 0.395. The van der Waals surface area contributed by atoms with E-state index in [1.807, 2.05) is 0 Å². The van der Waals surface area contributed by atoms with Crippen molar-refractivity contribution >= 4 is 22.2 Å². The molecule has 0 saturated heterocycles. The molecule has 0 radical (unpaired) electrons. The van der Waals surface area contributed by atoms with Crippen molar-refractivity contribution < 1.29 is 4.79 Å². The van der Waals surface area contributed by atoms with Gasteiger partial charge in [0.25, 0.3) is 0 Å². The summed E-state index contributed by atoms with van der Waals surface area (Å²) in [6.45, 7) is 0. The Morgan fingerprint density at radius 1 is 1.77 bits per heavy atom. The van der Waals surface area contributed by atoms with Crippen molar-refractivity contribution in [3.8, 4) is 6.07 Å². The van der Waals surface area contributed by atoms with Gasteiger partial charge in [0.15, 0.2) is 0 Å². The highest BCUT2D eigenvalue weighted by atomic mass is 79.9. The van der Waals surface area contributed by atoms with E-state index in [1.54, 1.807) is 0 Å². The zero-order chi connectivity index (χ0) is 9.73. The fourth-order valence-corrected chi connectivity index (χ4v) is 2.39. The van der Waals surface area contributed by atoms with Crippen molar-refractivity contribution in [1.82, 2.24) is 0 Å². The molecule has 70 valence electrons. The molecule has 1 rings (SSSR count). The fourth-order valence-electron chi connectivity index (χ4n) is 1.67. The predicted molar refractivity (Wildman–Crippen MR) is 54.2 cm³/mol. The number of rotatable bonds is 3. The summed E-state index contributed by atoms with van der Waals surface area (Å²) in [5.74, 6) is 0. The third kappa shape index (κ3) is 2.19. The summed E-state index contributed by atoms with van der Waals surface area (Å²) in [7, 11) is 0. The van der Waals surface area contributed by atoms with Crippen molar-refractivity contribution in [2.45, 2.75) is 32.1 Å².